The number of carbonyl (C=O) groups excluding carboxylic acids is 1. The predicted octanol–water partition coefficient (Wildman–Crippen LogP) is 2.25. The summed E-state index contributed by atoms with van der Waals surface area (Å²) in [5.74, 6) is -0.359. The molecule has 0 radical (unpaired) electrons. The Morgan fingerprint density at radius 1 is 1.17 bits per heavy atom. The fourth-order valence-electron chi connectivity index (χ4n) is 2.56. The van der Waals surface area contributed by atoms with Crippen LogP contribution in [-0.4, -0.2) is 18.5 Å². The molecule has 0 bridgehead atoms. The third-order valence-electron chi connectivity index (χ3n) is 3.69. The molecule has 18 heavy (non-hydrogen) atoms. The largest absolute Gasteiger partial charge is 0.366 e. The van der Waals surface area contributed by atoms with Gasteiger partial charge in [-0.1, -0.05) is 31.4 Å². The van der Waals surface area contributed by atoms with Gasteiger partial charge in [-0.05, 0) is 43.5 Å². The zero-order valence-electron chi connectivity index (χ0n) is 10.8. The van der Waals surface area contributed by atoms with E-state index in [-0.39, 0.29) is 5.91 Å². The van der Waals surface area contributed by atoms with Crippen molar-refractivity contribution in [2.45, 2.75) is 44.6 Å². The first-order valence-corrected chi connectivity index (χ1v) is 6.88. The van der Waals surface area contributed by atoms with Gasteiger partial charge in [0.05, 0.1) is 0 Å². The van der Waals surface area contributed by atoms with E-state index >= 15 is 0 Å². The average molecular weight is 246 g/mol. The van der Waals surface area contributed by atoms with Gasteiger partial charge in [-0.25, -0.2) is 0 Å². The number of nitrogens with one attached hydrogen (secondary N) is 1. The minimum Gasteiger partial charge on any atom is -0.366 e. The third-order valence-corrected chi connectivity index (χ3v) is 3.69. The summed E-state index contributed by atoms with van der Waals surface area (Å²) in [6.45, 7) is 1.01. The Balaban J connectivity index is 1.74. The fraction of sp³-hybridized carbons (Fsp3) is 0.533. The molecule has 3 heteroatoms. The molecule has 1 aromatic carbocycles. The molecule has 1 aliphatic carbocycles. The lowest BCUT2D eigenvalue weighted by atomic mass is 9.95. The van der Waals surface area contributed by atoms with Crippen LogP contribution in [0.1, 0.15) is 48.0 Å². The summed E-state index contributed by atoms with van der Waals surface area (Å²) < 4.78 is 0. The van der Waals surface area contributed by atoms with Crippen LogP contribution in [0.25, 0.3) is 0 Å². The van der Waals surface area contributed by atoms with Gasteiger partial charge < -0.3 is 11.1 Å². The van der Waals surface area contributed by atoms with Gasteiger partial charge >= 0.3 is 0 Å². The van der Waals surface area contributed by atoms with Crippen LogP contribution in [0, 0.1) is 0 Å². The molecule has 0 aliphatic heterocycles. The van der Waals surface area contributed by atoms with Crippen molar-refractivity contribution in [3.8, 4) is 0 Å². The number of rotatable bonds is 5. The summed E-state index contributed by atoms with van der Waals surface area (Å²) >= 11 is 0. The maximum atomic E-state index is 10.9. The molecule has 1 aliphatic rings. The molecule has 0 spiro atoms. The topological polar surface area (TPSA) is 55.1 Å². The first kappa shape index (κ1) is 13.1. The van der Waals surface area contributed by atoms with Crippen LogP contribution in [0.15, 0.2) is 24.3 Å². The average Bonchev–Trinajstić information content (AvgIpc) is 2.40. The number of amides is 1. The zero-order valence-corrected chi connectivity index (χ0v) is 10.8. The van der Waals surface area contributed by atoms with Crippen LogP contribution in [0.4, 0.5) is 0 Å². The summed E-state index contributed by atoms with van der Waals surface area (Å²) in [4.78, 5) is 10.9. The minimum atomic E-state index is -0.359. The standard InChI is InChI=1S/C15H22N2O/c16-15(18)13-8-6-12(7-9-13)10-11-17-14-4-2-1-3-5-14/h6-9,14,17H,1-5,10-11H2,(H2,16,18). The van der Waals surface area contributed by atoms with Gasteiger partial charge in [0.15, 0.2) is 0 Å². The van der Waals surface area contributed by atoms with E-state index in [9.17, 15) is 4.79 Å². The molecule has 0 heterocycles. The van der Waals surface area contributed by atoms with Gasteiger partial charge in [-0.15, -0.1) is 0 Å². The van der Waals surface area contributed by atoms with Gasteiger partial charge in [-0.3, -0.25) is 4.79 Å². The van der Waals surface area contributed by atoms with Gasteiger partial charge in [0.2, 0.25) is 5.91 Å². The van der Waals surface area contributed by atoms with E-state index in [1.165, 1.54) is 37.7 Å². The molecule has 0 atom stereocenters. The van der Waals surface area contributed by atoms with E-state index in [0.29, 0.717) is 11.6 Å². The second-order valence-electron chi connectivity index (χ2n) is 5.10. The van der Waals surface area contributed by atoms with Crippen LogP contribution >= 0.6 is 0 Å². The normalized spacial score (nSPS) is 16.7. The number of nitrogens with two attached hydrogens (primary N) is 1. The Kier molecular flexibility index (Phi) is 4.76. The van der Waals surface area contributed by atoms with E-state index in [2.05, 4.69) is 5.32 Å². The summed E-state index contributed by atoms with van der Waals surface area (Å²) in [7, 11) is 0. The molecule has 2 rings (SSSR count). The van der Waals surface area contributed by atoms with Crippen LogP contribution in [-0.2, 0) is 6.42 Å². The molecule has 3 N–H and O–H groups in total. The molecule has 1 fully saturated rings. The maximum Gasteiger partial charge on any atom is 0.248 e. The lowest BCUT2D eigenvalue weighted by Gasteiger charge is -2.22. The van der Waals surface area contributed by atoms with E-state index in [1.54, 1.807) is 12.1 Å². The highest BCUT2D eigenvalue weighted by atomic mass is 16.1. The minimum absolute atomic E-state index is 0.359. The number of primary amides is 1. The summed E-state index contributed by atoms with van der Waals surface area (Å²) in [6, 6.07) is 8.30. The van der Waals surface area contributed by atoms with Crippen molar-refractivity contribution in [2.24, 2.45) is 5.73 Å². The Hall–Kier alpha value is -1.35. The molecule has 1 saturated carbocycles. The summed E-state index contributed by atoms with van der Waals surface area (Å²) in [5, 5.41) is 3.62. The predicted molar refractivity (Wildman–Crippen MR) is 73.5 cm³/mol. The third kappa shape index (κ3) is 3.84. The monoisotopic (exact) mass is 246 g/mol. The van der Waals surface area contributed by atoms with Gasteiger partial charge in [0, 0.05) is 11.6 Å². The van der Waals surface area contributed by atoms with Gasteiger partial charge in [-0.2, -0.15) is 0 Å². The van der Waals surface area contributed by atoms with Crippen molar-refractivity contribution in [1.82, 2.24) is 5.32 Å². The second kappa shape index (κ2) is 6.55. The molecular weight excluding hydrogens is 224 g/mol. The van der Waals surface area contributed by atoms with E-state index in [1.807, 2.05) is 12.1 Å². The first-order chi connectivity index (χ1) is 8.75. The number of benzene rings is 1. The Labute approximate surface area is 109 Å². The van der Waals surface area contributed by atoms with E-state index in [0.717, 1.165) is 13.0 Å². The van der Waals surface area contributed by atoms with Crippen molar-refractivity contribution in [2.75, 3.05) is 6.54 Å². The molecule has 0 aromatic heterocycles. The van der Waals surface area contributed by atoms with Gasteiger partial charge in [0.1, 0.15) is 0 Å². The Bertz CT molecular complexity index is 380. The second-order valence-corrected chi connectivity index (χ2v) is 5.10. The van der Waals surface area contributed by atoms with Crippen LogP contribution in [0.5, 0.6) is 0 Å². The van der Waals surface area contributed by atoms with E-state index < -0.39 is 0 Å². The molecule has 1 aromatic rings. The molecular formula is C15H22N2O. The SMILES string of the molecule is NC(=O)c1ccc(CCNC2CCCCC2)cc1. The number of hydrogen-bond donors (Lipinski definition) is 2. The molecule has 98 valence electrons. The quantitative estimate of drug-likeness (QED) is 0.837. The molecule has 0 unspecified atom stereocenters. The Morgan fingerprint density at radius 2 is 1.83 bits per heavy atom. The van der Waals surface area contributed by atoms with E-state index in [4.69, 9.17) is 5.73 Å². The maximum absolute atomic E-state index is 10.9. The molecule has 0 saturated heterocycles. The van der Waals surface area contributed by atoms with Crippen molar-refractivity contribution < 1.29 is 4.79 Å². The fourth-order valence-corrected chi connectivity index (χ4v) is 2.56. The van der Waals surface area contributed by atoms with Crippen LogP contribution in [0.2, 0.25) is 0 Å². The lowest BCUT2D eigenvalue weighted by molar-refractivity contribution is 0.100. The first-order valence-electron chi connectivity index (χ1n) is 6.88. The highest BCUT2D eigenvalue weighted by molar-refractivity contribution is 5.92. The van der Waals surface area contributed by atoms with Crippen LogP contribution in [0.3, 0.4) is 0 Å². The molecule has 3 nitrogen and oxygen atoms in total. The van der Waals surface area contributed by atoms with Crippen molar-refractivity contribution in [3.05, 3.63) is 35.4 Å². The van der Waals surface area contributed by atoms with Crippen LogP contribution < -0.4 is 11.1 Å². The summed E-state index contributed by atoms with van der Waals surface area (Å²) in [6.07, 6.45) is 7.78. The highest BCUT2D eigenvalue weighted by Crippen LogP contribution is 2.17. The smallest absolute Gasteiger partial charge is 0.248 e. The van der Waals surface area contributed by atoms with Crippen molar-refractivity contribution in [1.29, 1.82) is 0 Å². The van der Waals surface area contributed by atoms with Crippen molar-refractivity contribution >= 4 is 5.91 Å². The van der Waals surface area contributed by atoms with Gasteiger partial charge in [0.25, 0.3) is 0 Å². The number of hydrogen-bond acceptors (Lipinski definition) is 2. The number of carbonyl (C=O) groups is 1. The van der Waals surface area contributed by atoms with Crippen molar-refractivity contribution in [3.63, 3.8) is 0 Å². The summed E-state index contributed by atoms with van der Waals surface area (Å²) in [5.41, 5.74) is 7.05. The highest BCUT2D eigenvalue weighted by Gasteiger charge is 2.11. The lowest BCUT2D eigenvalue weighted by Crippen LogP contribution is -2.32. The molecule has 1 amide bonds. The zero-order chi connectivity index (χ0) is 12.8. The Morgan fingerprint density at radius 3 is 2.44 bits per heavy atom.